The number of rotatable bonds is 2. The summed E-state index contributed by atoms with van der Waals surface area (Å²) in [5, 5.41) is 6.88. The van der Waals surface area contributed by atoms with Crippen LogP contribution in [-0.4, -0.2) is 37.1 Å². The zero-order valence-electron chi connectivity index (χ0n) is 9.34. The first-order chi connectivity index (χ1) is 8.06. The predicted octanol–water partition coefficient (Wildman–Crippen LogP) is 2.43. The third-order valence-electron chi connectivity index (χ3n) is 2.74. The van der Waals surface area contributed by atoms with Gasteiger partial charge in [-0.25, -0.2) is 4.79 Å². The van der Waals surface area contributed by atoms with E-state index in [1.807, 2.05) is 0 Å². The lowest BCUT2D eigenvalue weighted by Crippen LogP contribution is -2.58. The Balaban J connectivity index is 2.01. The van der Waals surface area contributed by atoms with Crippen LogP contribution >= 0.6 is 23.2 Å². The van der Waals surface area contributed by atoms with Crippen LogP contribution in [0.4, 0.5) is 10.5 Å². The Labute approximate surface area is 110 Å². The number of benzene rings is 1. The second-order valence-corrected chi connectivity index (χ2v) is 4.88. The highest BCUT2D eigenvalue weighted by Crippen LogP contribution is 2.22. The number of hydrogen-bond acceptors (Lipinski definition) is 2. The number of urea groups is 1. The Morgan fingerprint density at radius 3 is 2.41 bits per heavy atom. The summed E-state index contributed by atoms with van der Waals surface area (Å²) in [6.07, 6.45) is 0. The number of nitrogens with zero attached hydrogens (tertiary/aromatic N) is 1. The molecule has 17 heavy (non-hydrogen) atoms. The Kier molecular flexibility index (Phi) is 3.76. The average Bonchev–Trinajstić information content (AvgIpc) is 2.12. The van der Waals surface area contributed by atoms with Crippen LogP contribution in [-0.2, 0) is 0 Å². The molecule has 1 fully saturated rings. The van der Waals surface area contributed by atoms with Gasteiger partial charge in [-0.3, -0.25) is 0 Å². The van der Waals surface area contributed by atoms with E-state index in [4.69, 9.17) is 23.2 Å². The average molecular weight is 274 g/mol. The van der Waals surface area contributed by atoms with Crippen molar-refractivity contribution in [1.29, 1.82) is 0 Å². The van der Waals surface area contributed by atoms with Gasteiger partial charge in [-0.05, 0) is 18.2 Å². The standard InChI is InChI=1S/C11H13Cl2N3O/c1-16(10-5-14-6-10)11(17)15-9-3-7(12)2-8(13)4-9/h2-4,10,14H,5-6H2,1H3,(H,15,17). The highest BCUT2D eigenvalue weighted by atomic mass is 35.5. The number of likely N-dealkylation sites (N-methyl/N-ethyl adjacent to an activating group) is 1. The maximum atomic E-state index is 11.9. The van der Waals surface area contributed by atoms with Crippen molar-refractivity contribution in [2.24, 2.45) is 0 Å². The first-order valence-corrected chi connectivity index (χ1v) is 6.02. The molecule has 0 bridgehead atoms. The van der Waals surface area contributed by atoms with Crippen LogP contribution in [0.1, 0.15) is 0 Å². The zero-order valence-corrected chi connectivity index (χ0v) is 10.8. The molecule has 0 aliphatic carbocycles. The molecule has 0 unspecified atom stereocenters. The third kappa shape index (κ3) is 3.03. The van der Waals surface area contributed by atoms with Gasteiger partial charge in [0.2, 0.25) is 0 Å². The van der Waals surface area contributed by atoms with Crippen LogP contribution in [0.15, 0.2) is 18.2 Å². The fourth-order valence-electron chi connectivity index (χ4n) is 1.55. The minimum absolute atomic E-state index is 0.158. The summed E-state index contributed by atoms with van der Waals surface area (Å²) in [5.74, 6) is 0. The van der Waals surface area contributed by atoms with Gasteiger partial charge in [0.25, 0.3) is 0 Å². The molecule has 2 amide bonds. The quantitative estimate of drug-likeness (QED) is 0.870. The summed E-state index contributed by atoms with van der Waals surface area (Å²) in [6.45, 7) is 1.67. The molecule has 0 saturated carbocycles. The molecule has 0 atom stereocenters. The van der Waals surface area contributed by atoms with Gasteiger partial charge in [0, 0.05) is 35.9 Å². The predicted molar refractivity (Wildman–Crippen MR) is 69.9 cm³/mol. The first-order valence-electron chi connectivity index (χ1n) is 5.27. The van der Waals surface area contributed by atoms with Gasteiger partial charge in [-0.2, -0.15) is 0 Å². The summed E-state index contributed by atoms with van der Waals surface area (Å²) in [6, 6.07) is 5.05. The molecule has 6 heteroatoms. The third-order valence-corrected chi connectivity index (χ3v) is 3.18. The Morgan fingerprint density at radius 2 is 1.94 bits per heavy atom. The molecule has 2 N–H and O–H groups in total. The van der Waals surface area contributed by atoms with Gasteiger partial charge >= 0.3 is 6.03 Å². The van der Waals surface area contributed by atoms with Crippen LogP contribution < -0.4 is 10.6 Å². The van der Waals surface area contributed by atoms with Crippen LogP contribution in [0.25, 0.3) is 0 Å². The summed E-state index contributed by atoms with van der Waals surface area (Å²) in [5.41, 5.74) is 0.603. The SMILES string of the molecule is CN(C(=O)Nc1cc(Cl)cc(Cl)c1)C1CNC1. The fraction of sp³-hybridized carbons (Fsp3) is 0.364. The lowest BCUT2D eigenvalue weighted by molar-refractivity contribution is 0.180. The first kappa shape index (κ1) is 12.5. The molecule has 1 aromatic rings. The largest absolute Gasteiger partial charge is 0.322 e. The summed E-state index contributed by atoms with van der Waals surface area (Å²) < 4.78 is 0. The van der Waals surface area contributed by atoms with E-state index in [0.29, 0.717) is 15.7 Å². The lowest BCUT2D eigenvalue weighted by atomic mass is 10.1. The van der Waals surface area contributed by atoms with Gasteiger partial charge in [0.05, 0.1) is 6.04 Å². The molecule has 92 valence electrons. The van der Waals surface area contributed by atoms with Gasteiger partial charge in [-0.15, -0.1) is 0 Å². The molecule has 1 aliphatic rings. The van der Waals surface area contributed by atoms with Gasteiger partial charge in [0.1, 0.15) is 0 Å². The minimum atomic E-state index is -0.158. The van der Waals surface area contributed by atoms with Crippen molar-refractivity contribution >= 4 is 34.9 Å². The Morgan fingerprint density at radius 1 is 1.35 bits per heavy atom. The van der Waals surface area contributed by atoms with Crippen LogP contribution in [0, 0.1) is 0 Å². The Bertz CT molecular complexity index is 414. The number of hydrogen-bond donors (Lipinski definition) is 2. The molecule has 1 aromatic carbocycles. The normalized spacial score (nSPS) is 15.2. The molecule has 0 spiro atoms. The smallest absolute Gasteiger partial charge is 0.321 e. The van der Waals surface area contributed by atoms with Crippen molar-refractivity contribution in [1.82, 2.24) is 10.2 Å². The summed E-state index contributed by atoms with van der Waals surface area (Å²) >= 11 is 11.7. The molecule has 1 heterocycles. The molecule has 4 nitrogen and oxygen atoms in total. The monoisotopic (exact) mass is 273 g/mol. The van der Waals surface area contributed by atoms with Crippen molar-refractivity contribution < 1.29 is 4.79 Å². The number of halogens is 2. The van der Waals surface area contributed by atoms with Crippen molar-refractivity contribution in [3.63, 3.8) is 0 Å². The molecule has 0 aromatic heterocycles. The summed E-state index contributed by atoms with van der Waals surface area (Å²) in [7, 11) is 1.77. The van der Waals surface area contributed by atoms with Gasteiger partial charge in [-0.1, -0.05) is 23.2 Å². The fourth-order valence-corrected chi connectivity index (χ4v) is 2.08. The Hall–Kier alpha value is -0.970. The van der Waals surface area contributed by atoms with E-state index < -0.39 is 0 Å². The lowest BCUT2D eigenvalue weighted by Gasteiger charge is -2.35. The van der Waals surface area contributed by atoms with Gasteiger partial charge in [0.15, 0.2) is 0 Å². The van der Waals surface area contributed by atoms with E-state index in [2.05, 4.69) is 10.6 Å². The second-order valence-electron chi connectivity index (χ2n) is 4.01. The van der Waals surface area contributed by atoms with Crippen molar-refractivity contribution in [2.45, 2.75) is 6.04 Å². The summed E-state index contributed by atoms with van der Waals surface area (Å²) in [4.78, 5) is 13.5. The molecule has 0 radical (unpaired) electrons. The van der Waals surface area contributed by atoms with E-state index >= 15 is 0 Å². The maximum Gasteiger partial charge on any atom is 0.321 e. The number of carbonyl (C=O) groups excluding carboxylic acids is 1. The van der Waals surface area contributed by atoms with Crippen LogP contribution in [0.2, 0.25) is 10.0 Å². The highest BCUT2D eigenvalue weighted by Gasteiger charge is 2.25. The van der Waals surface area contributed by atoms with E-state index in [0.717, 1.165) is 13.1 Å². The maximum absolute atomic E-state index is 11.9. The van der Waals surface area contributed by atoms with E-state index in [1.54, 1.807) is 30.1 Å². The molecule has 2 rings (SSSR count). The molecular formula is C11H13Cl2N3O. The highest BCUT2D eigenvalue weighted by molar-refractivity contribution is 6.35. The van der Waals surface area contributed by atoms with E-state index in [9.17, 15) is 4.79 Å². The number of nitrogens with one attached hydrogen (secondary N) is 2. The van der Waals surface area contributed by atoms with Crippen molar-refractivity contribution in [3.05, 3.63) is 28.2 Å². The molecule has 1 saturated heterocycles. The van der Waals surface area contributed by atoms with Crippen LogP contribution in [0.5, 0.6) is 0 Å². The number of amides is 2. The second kappa shape index (κ2) is 5.12. The number of carbonyl (C=O) groups is 1. The van der Waals surface area contributed by atoms with E-state index in [1.165, 1.54) is 0 Å². The number of anilines is 1. The minimum Gasteiger partial charge on any atom is -0.322 e. The van der Waals surface area contributed by atoms with E-state index in [-0.39, 0.29) is 12.1 Å². The van der Waals surface area contributed by atoms with Crippen molar-refractivity contribution in [3.8, 4) is 0 Å². The molecular weight excluding hydrogens is 261 g/mol. The van der Waals surface area contributed by atoms with Crippen LogP contribution in [0.3, 0.4) is 0 Å². The topological polar surface area (TPSA) is 44.4 Å². The van der Waals surface area contributed by atoms with Gasteiger partial charge < -0.3 is 15.5 Å². The van der Waals surface area contributed by atoms with Crippen molar-refractivity contribution in [2.75, 3.05) is 25.5 Å². The molecule has 1 aliphatic heterocycles. The zero-order chi connectivity index (χ0) is 12.4.